The van der Waals surface area contributed by atoms with Crippen LogP contribution in [0.5, 0.6) is 0 Å². The number of ether oxygens (including phenoxy) is 1. The Kier molecular flexibility index (Phi) is 3.58. The van der Waals surface area contributed by atoms with Gasteiger partial charge in [-0.15, -0.1) is 10.2 Å². The van der Waals surface area contributed by atoms with Crippen LogP contribution in [-0.4, -0.2) is 27.7 Å². The molecule has 0 aliphatic carbocycles. The maximum absolute atomic E-state index is 11.6. The van der Waals surface area contributed by atoms with Crippen molar-refractivity contribution in [2.45, 2.75) is 6.42 Å². The zero-order chi connectivity index (χ0) is 14.8. The van der Waals surface area contributed by atoms with E-state index in [2.05, 4.69) is 10.2 Å². The predicted octanol–water partition coefficient (Wildman–Crippen LogP) is 2.76. The maximum Gasteiger partial charge on any atom is 0.339 e. The Morgan fingerprint density at radius 3 is 2.90 bits per heavy atom. The SMILES string of the molecule is COC(=O)c1ccc2nnc(Cc3cccc(Cl)c3)n2c1. The van der Waals surface area contributed by atoms with Crippen LogP contribution in [0.15, 0.2) is 42.6 Å². The molecule has 2 aromatic heterocycles. The number of hydrogen-bond donors (Lipinski definition) is 0. The Labute approximate surface area is 126 Å². The van der Waals surface area contributed by atoms with Crippen LogP contribution in [-0.2, 0) is 11.2 Å². The first-order valence-corrected chi connectivity index (χ1v) is 6.71. The van der Waals surface area contributed by atoms with Crippen LogP contribution in [0.1, 0.15) is 21.7 Å². The molecule has 21 heavy (non-hydrogen) atoms. The van der Waals surface area contributed by atoms with Crippen LogP contribution in [0.4, 0.5) is 0 Å². The Hall–Kier alpha value is -2.40. The number of pyridine rings is 1. The molecule has 0 amide bonds. The van der Waals surface area contributed by atoms with Gasteiger partial charge in [-0.1, -0.05) is 23.7 Å². The van der Waals surface area contributed by atoms with Gasteiger partial charge in [-0.05, 0) is 29.8 Å². The molecule has 0 atom stereocenters. The lowest BCUT2D eigenvalue weighted by atomic mass is 10.1. The summed E-state index contributed by atoms with van der Waals surface area (Å²) in [6.07, 6.45) is 2.26. The number of carbonyl (C=O) groups is 1. The van der Waals surface area contributed by atoms with Crippen LogP contribution >= 0.6 is 11.6 Å². The number of benzene rings is 1. The summed E-state index contributed by atoms with van der Waals surface area (Å²) >= 11 is 5.98. The fourth-order valence-electron chi connectivity index (χ4n) is 2.13. The van der Waals surface area contributed by atoms with E-state index in [1.54, 1.807) is 22.7 Å². The maximum atomic E-state index is 11.6. The minimum Gasteiger partial charge on any atom is -0.465 e. The van der Waals surface area contributed by atoms with Crippen LogP contribution in [0.25, 0.3) is 5.65 Å². The molecule has 0 saturated carbocycles. The second kappa shape index (κ2) is 5.54. The summed E-state index contributed by atoms with van der Waals surface area (Å²) in [6, 6.07) is 11.0. The van der Waals surface area contributed by atoms with Gasteiger partial charge in [0.2, 0.25) is 0 Å². The highest BCUT2D eigenvalue weighted by atomic mass is 35.5. The summed E-state index contributed by atoms with van der Waals surface area (Å²) in [4.78, 5) is 11.6. The standard InChI is InChI=1S/C15H12ClN3O2/c1-21-15(20)11-5-6-13-17-18-14(19(13)9-11)8-10-3-2-4-12(16)7-10/h2-7,9H,8H2,1H3. The van der Waals surface area contributed by atoms with E-state index < -0.39 is 0 Å². The number of esters is 1. The van der Waals surface area contributed by atoms with Crippen molar-refractivity contribution in [3.63, 3.8) is 0 Å². The number of rotatable bonds is 3. The van der Waals surface area contributed by atoms with Gasteiger partial charge in [0.1, 0.15) is 5.82 Å². The van der Waals surface area contributed by atoms with Crippen molar-refractivity contribution in [1.82, 2.24) is 14.6 Å². The summed E-state index contributed by atoms with van der Waals surface area (Å²) in [7, 11) is 1.35. The molecule has 3 aromatic rings. The van der Waals surface area contributed by atoms with E-state index in [-0.39, 0.29) is 5.97 Å². The van der Waals surface area contributed by atoms with Crippen LogP contribution in [0.2, 0.25) is 5.02 Å². The summed E-state index contributed by atoms with van der Waals surface area (Å²) < 4.78 is 6.51. The molecule has 0 spiro atoms. The van der Waals surface area contributed by atoms with Gasteiger partial charge < -0.3 is 4.74 Å². The minimum absolute atomic E-state index is 0.390. The van der Waals surface area contributed by atoms with Gasteiger partial charge in [-0.25, -0.2) is 4.79 Å². The monoisotopic (exact) mass is 301 g/mol. The average molecular weight is 302 g/mol. The van der Waals surface area contributed by atoms with Gasteiger partial charge in [0.15, 0.2) is 5.65 Å². The lowest BCUT2D eigenvalue weighted by Gasteiger charge is -2.03. The highest BCUT2D eigenvalue weighted by molar-refractivity contribution is 6.30. The lowest BCUT2D eigenvalue weighted by molar-refractivity contribution is 0.0600. The van der Waals surface area contributed by atoms with Crippen LogP contribution in [0.3, 0.4) is 0 Å². The van der Waals surface area contributed by atoms with E-state index in [9.17, 15) is 4.79 Å². The lowest BCUT2D eigenvalue weighted by Crippen LogP contribution is -2.04. The first kappa shape index (κ1) is 13.6. The first-order valence-electron chi connectivity index (χ1n) is 6.34. The van der Waals surface area contributed by atoms with Gasteiger partial charge in [0, 0.05) is 17.6 Å². The summed E-state index contributed by atoms with van der Waals surface area (Å²) in [5.74, 6) is 0.345. The molecule has 0 radical (unpaired) electrons. The van der Waals surface area contributed by atoms with Gasteiger partial charge in [0.05, 0.1) is 12.7 Å². The van der Waals surface area contributed by atoms with Gasteiger partial charge in [-0.2, -0.15) is 0 Å². The number of nitrogens with zero attached hydrogens (tertiary/aromatic N) is 3. The smallest absolute Gasteiger partial charge is 0.339 e. The van der Waals surface area contributed by atoms with Crippen molar-refractivity contribution in [1.29, 1.82) is 0 Å². The summed E-state index contributed by atoms with van der Waals surface area (Å²) in [6.45, 7) is 0. The number of methoxy groups -OCH3 is 1. The van der Waals surface area contributed by atoms with E-state index in [1.807, 2.05) is 24.3 Å². The normalized spacial score (nSPS) is 10.8. The highest BCUT2D eigenvalue weighted by Crippen LogP contribution is 2.15. The number of hydrogen-bond acceptors (Lipinski definition) is 4. The second-order valence-electron chi connectivity index (χ2n) is 4.56. The molecule has 0 unspecified atom stereocenters. The predicted molar refractivity (Wildman–Crippen MR) is 78.6 cm³/mol. The number of carbonyl (C=O) groups excluding carboxylic acids is 1. The largest absolute Gasteiger partial charge is 0.465 e. The third-order valence-corrected chi connectivity index (χ3v) is 3.38. The highest BCUT2D eigenvalue weighted by Gasteiger charge is 2.11. The molecule has 0 bridgehead atoms. The molecule has 6 heteroatoms. The molecule has 1 aromatic carbocycles. The molecular formula is C15H12ClN3O2. The summed E-state index contributed by atoms with van der Waals surface area (Å²) in [5, 5.41) is 8.93. The van der Waals surface area contributed by atoms with Crippen molar-refractivity contribution in [2.24, 2.45) is 0 Å². The molecule has 0 N–H and O–H groups in total. The third kappa shape index (κ3) is 2.73. The van der Waals surface area contributed by atoms with Gasteiger partial charge in [0.25, 0.3) is 0 Å². The average Bonchev–Trinajstić information content (AvgIpc) is 2.89. The zero-order valence-corrected chi connectivity index (χ0v) is 12.0. The van der Waals surface area contributed by atoms with Gasteiger partial charge in [-0.3, -0.25) is 4.40 Å². The van der Waals surface area contributed by atoms with Crippen molar-refractivity contribution >= 4 is 23.2 Å². The van der Waals surface area contributed by atoms with E-state index in [0.717, 1.165) is 11.4 Å². The number of aromatic nitrogens is 3. The third-order valence-electron chi connectivity index (χ3n) is 3.15. The number of halogens is 1. The topological polar surface area (TPSA) is 56.5 Å². The minimum atomic E-state index is -0.390. The van der Waals surface area contributed by atoms with E-state index in [0.29, 0.717) is 22.7 Å². The fraction of sp³-hybridized carbons (Fsp3) is 0.133. The molecule has 106 valence electrons. The van der Waals surface area contributed by atoms with Crippen molar-refractivity contribution in [3.05, 3.63) is 64.6 Å². The van der Waals surface area contributed by atoms with Gasteiger partial charge >= 0.3 is 5.97 Å². The molecular weight excluding hydrogens is 290 g/mol. The molecule has 0 aliphatic heterocycles. The van der Waals surface area contributed by atoms with Crippen molar-refractivity contribution in [3.8, 4) is 0 Å². The Bertz CT molecular complexity index is 814. The van der Waals surface area contributed by atoms with E-state index in [4.69, 9.17) is 16.3 Å². The molecule has 2 heterocycles. The summed E-state index contributed by atoms with van der Waals surface area (Å²) in [5.41, 5.74) is 2.16. The molecule has 3 rings (SSSR count). The fourth-order valence-corrected chi connectivity index (χ4v) is 2.34. The molecule has 5 nitrogen and oxygen atoms in total. The Balaban J connectivity index is 2.00. The van der Waals surface area contributed by atoms with Crippen LogP contribution in [0, 0.1) is 0 Å². The van der Waals surface area contributed by atoms with Crippen molar-refractivity contribution in [2.75, 3.05) is 7.11 Å². The number of fused-ring (bicyclic) bond motifs is 1. The quantitative estimate of drug-likeness (QED) is 0.698. The Morgan fingerprint density at radius 1 is 1.29 bits per heavy atom. The van der Waals surface area contributed by atoms with E-state index >= 15 is 0 Å². The van der Waals surface area contributed by atoms with E-state index in [1.165, 1.54) is 7.11 Å². The molecule has 0 aliphatic rings. The zero-order valence-electron chi connectivity index (χ0n) is 11.3. The second-order valence-corrected chi connectivity index (χ2v) is 5.00. The molecule has 0 saturated heterocycles. The Morgan fingerprint density at radius 2 is 2.14 bits per heavy atom. The van der Waals surface area contributed by atoms with Crippen LogP contribution < -0.4 is 0 Å². The van der Waals surface area contributed by atoms with Crippen molar-refractivity contribution < 1.29 is 9.53 Å². The first-order chi connectivity index (χ1) is 10.2. The molecule has 0 fully saturated rings.